The molecule has 0 spiro atoms. The first-order chi connectivity index (χ1) is 12.0. The Morgan fingerprint density at radius 3 is 2.76 bits per heavy atom. The second kappa shape index (κ2) is 7.88. The Morgan fingerprint density at radius 2 is 2.04 bits per heavy atom. The van der Waals surface area contributed by atoms with Crippen LogP contribution in [0, 0.1) is 6.92 Å². The van der Waals surface area contributed by atoms with Gasteiger partial charge in [0.2, 0.25) is 0 Å². The number of amides is 1. The van der Waals surface area contributed by atoms with Gasteiger partial charge in [-0.15, -0.1) is 0 Å². The zero-order valence-corrected chi connectivity index (χ0v) is 15.5. The number of furan rings is 1. The number of hydrogen-bond donors (Lipinski definition) is 0. The molecule has 3 rings (SSSR count). The van der Waals surface area contributed by atoms with Crippen molar-refractivity contribution >= 4 is 23.5 Å². The number of aromatic nitrogens is 2. The number of thioether (sulfide) groups is 1. The van der Waals surface area contributed by atoms with Gasteiger partial charge in [0.15, 0.2) is 10.9 Å². The van der Waals surface area contributed by atoms with Crippen molar-refractivity contribution in [2.45, 2.75) is 17.8 Å². The maximum Gasteiger partial charge on any atom is 0.289 e. The Balaban J connectivity index is 1.63. The molecule has 2 aromatic rings. The maximum absolute atomic E-state index is 12.4. The summed E-state index contributed by atoms with van der Waals surface area (Å²) < 4.78 is 11.0. The van der Waals surface area contributed by atoms with Gasteiger partial charge in [0, 0.05) is 38.9 Å². The van der Waals surface area contributed by atoms with Crippen LogP contribution >= 0.6 is 11.8 Å². The summed E-state index contributed by atoms with van der Waals surface area (Å²) in [6.45, 7) is 4.31. The summed E-state index contributed by atoms with van der Waals surface area (Å²) in [4.78, 5) is 25.0. The Hall–Kier alpha value is -2.06. The number of hydrogen-bond acceptors (Lipinski definition) is 7. The average molecular weight is 362 g/mol. The van der Waals surface area contributed by atoms with E-state index in [1.54, 1.807) is 11.0 Å². The first-order valence-corrected chi connectivity index (χ1v) is 9.13. The third-order valence-electron chi connectivity index (χ3n) is 3.79. The molecule has 2 aromatic heterocycles. The van der Waals surface area contributed by atoms with Crippen molar-refractivity contribution in [2.75, 3.05) is 45.3 Å². The fourth-order valence-electron chi connectivity index (χ4n) is 2.45. The Labute approximate surface area is 151 Å². The van der Waals surface area contributed by atoms with Gasteiger partial charge in [-0.25, -0.2) is 9.97 Å². The van der Waals surface area contributed by atoms with Gasteiger partial charge < -0.3 is 19.0 Å². The lowest BCUT2D eigenvalue weighted by molar-refractivity contribution is 0.0282. The van der Waals surface area contributed by atoms with Crippen LogP contribution in [0.3, 0.4) is 0 Å². The third kappa shape index (κ3) is 4.52. The number of carbonyl (C=O) groups excluding carboxylic acids is 1. The summed E-state index contributed by atoms with van der Waals surface area (Å²) in [7, 11) is 3.90. The van der Waals surface area contributed by atoms with Gasteiger partial charge in [-0.05, 0) is 19.1 Å². The van der Waals surface area contributed by atoms with Crippen LogP contribution in [0.1, 0.15) is 22.0 Å². The minimum absolute atomic E-state index is 0.0822. The van der Waals surface area contributed by atoms with Crippen molar-refractivity contribution in [1.82, 2.24) is 14.9 Å². The van der Waals surface area contributed by atoms with Crippen molar-refractivity contribution < 1.29 is 13.9 Å². The number of carbonyl (C=O) groups is 1. The molecular formula is C17H22N4O3S. The van der Waals surface area contributed by atoms with Crippen LogP contribution in [0.5, 0.6) is 0 Å². The van der Waals surface area contributed by atoms with Crippen LogP contribution in [0.25, 0.3) is 0 Å². The molecule has 1 amide bonds. The second-order valence-electron chi connectivity index (χ2n) is 6.00. The summed E-state index contributed by atoms with van der Waals surface area (Å²) in [6.07, 6.45) is 0. The summed E-state index contributed by atoms with van der Waals surface area (Å²) >= 11 is 1.49. The molecule has 0 saturated carbocycles. The Kier molecular flexibility index (Phi) is 5.60. The predicted octanol–water partition coefficient (Wildman–Crippen LogP) is 2.21. The van der Waals surface area contributed by atoms with Gasteiger partial charge in [0.25, 0.3) is 5.91 Å². The topological polar surface area (TPSA) is 71.7 Å². The standard InChI is InChI=1S/C17H22N4O3S/c1-12-10-15(20(2)3)19-17(18-12)25-11-13-4-5-14(24-13)16(22)21-6-8-23-9-7-21/h4-5,10H,6-9,11H2,1-3H3. The van der Waals surface area contributed by atoms with Gasteiger partial charge in [-0.2, -0.15) is 0 Å². The minimum Gasteiger partial charge on any atom is -0.455 e. The number of rotatable bonds is 5. The molecule has 8 heteroatoms. The van der Waals surface area contributed by atoms with Gasteiger partial charge in [0.05, 0.1) is 19.0 Å². The highest BCUT2D eigenvalue weighted by molar-refractivity contribution is 7.98. The van der Waals surface area contributed by atoms with Gasteiger partial charge >= 0.3 is 0 Å². The molecule has 1 aliphatic rings. The van der Waals surface area contributed by atoms with Crippen LogP contribution in [-0.4, -0.2) is 61.2 Å². The molecule has 25 heavy (non-hydrogen) atoms. The molecule has 0 unspecified atom stereocenters. The van der Waals surface area contributed by atoms with Crippen LogP contribution in [0.15, 0.2) is 27.8 Å². The zero-order chi connectivity index (χ0) is 17.8. The molecule has 134 valence electrons. The lowest BCUT2D eigenvalue weighted by Gasteiger charge is -2.25. The Bertz CT molecular complexity index is 741. The molecule has 0 radical (unpaired) electrons. The molecule has 1 aliphatic heterocycles. The highest BCUT2D eigenvalue weighted by Crippen LogP contribution is 2.23. The predicted molar refractivity (Wildman–Crippen MR) is 96.1 cm³/mol. The lowest BCUT2D eigenvalue weighted by Crippen LogP contribution is -2.40. The molecule has 1 saturated heterocycles. The summed E-state index contributed by atoms with van der Waals surface area (Å²) in [5.74, 6) is 2.47. The number of morpholine rings is 1. The van der Waals surface area contributed by atoms with Crippen LogP contribution in [0.2, 0.25) is 0 Å². The molecule has 0 aliphatic carbocycles. The first-order valence-electron chi connectivity index (χ1n) is 8.14. The molecule has 0 bridgehead atoms. The number of aryl methyl sites for hydroxylation is 1. The molecule has 1 fully saturated rings. The molecule has 0 atom stereocenters. The van der Waals surface area contributed by atoms with Crippen LogP contribution in [0.4, 0.5) is 5.82 Å². The van der Waals surface area contributed by atoms with E-state index in [1.165, 1.54) is 11.8 Å². The normalized spacial score (nSPS) is 14.6. The average Bonchev–Trinajstić information content (AvgIpc) is 3.08. The fraction of sp³-hybridized carbons (Fsp3) is 0.471. The van der Waals surface area contributed by atoms with E-state index in [0.717, 1.165) is 17.3 Å². The van der Waals surface area contributed by atoms with E-state index in [-0.39, 0.29) is 5.91 Å². The summed E-state index contributed by atoms with van der Waals surface area (Å²) in [5.41, 5.74) is 0.920. The molecule has 7 nitrogen and oxygen atoms in total. The quantitative estimate of drug-likeness (QED) is 0.596. The SMILES string of the molecule is Cc1cc(N(C)C)nc(SCc2ccc(C(=O)N3CCOCC3)o2)n1. The van der Waals surface area contributed by atoms with Crippen molar-refractivity contribution in [3.05, 3.63) is 35.4 Å². The monoisotopic (exact) mass is 362 g/mol. The third-order valence-corrected chi connectivity index (χ3v) is 4.66. The highest BCUT2D eigenvalue weighted by atomic mass is 32.2. The van der Waals surface area contributed by atoms with Gasteiger partial charge in [0.1, 0.15) is 11.6 Å². The summed E-state index contributed by atoms with van der Waals surface area (Å²) in [6, 6.07) is 5.51. The highest BCUT2D eigenvalue weighted by Gasteiger charge is 2.21. The number of anilines is 1. The van der Waals surface area contributed by atoms with Gasteiger partial charge in [-0.1, -0.05) is 11.8 Å². The molecule has 0 N–H and O–H groups in total. The largest absolute Gasteiger partial charge is 0.455 e. The van der Waals surface area contributed by atoms with E-state index in [9.17, 15) is 4.79 Å². The van der Waals surface area contributed by atoms with E-state index in [1.807, 2.05) is 38.1 Å². The van der Waals surface area contributed by atoms with Crippen LogP contribution in [-0.2, 0) is 10.5 Å². The molecule has 0 aromatic carbocycles. The van der Waals surface area contributed by atoms with E-state index in [4.69, 9.17) is 9.15 Å². The van der Waals surface area contributed by atoms with E-state index < -0.39 is 0 Å². The zero-order valence-electron chi connectivity index (χ0n) is 14.7. The smallest absolute Gasteiger partial charge is 0.289 e. The van der Waals surface area contributed by atoms with Crippen molar-refractivity contribution in [2.24, 2.45) is 0 Å². The first kappa shape index (κ1) is 17.8. The van der Waals surface area contributed by atoms with E-state index in [0.29, 0.717) is 43.0 Å². The maximum atomic E-state index is 12.4. The van der Waals surface area contributed by atoms with E-state index >= 15 is 0 Å². The second-order valence-corrected chi connectivity index (χ2v) is 6.95. The van der Waals surface area contributed by atoms with E-state index in [2.05, 4.69) is 9.97 Å². The fourth-order valence-corrected chi connectivity index (χ4v) is 3.24. The molecular weight excluding hydrogens is 340 g/mol. The minimum atomic E-state index is -0.0822. The van der Waals surface area contributed by atoms with Crippen molar-refractivity contribution in [1.29, 1.82) is 0 Å². The molecule has 3 heterocycles. The number of nitrogens with zero attached hydrogens (tertiary/aromatic N) is 4. The van der Waals surface area contributed by atoms with Gasteiger partial charge in [-0.3, -0.25) is 4.79 Å². The number of ether oxygens (including phenoxy) is 1. The van der Waals surface area contributed by atoms with Crippen molar-refractivity contribution in [3.8, 4) is 0 Å². The summed E-state index contributed by atoms with van der Waals surface area (Å²) in [5, 5.41) is 0.696. The van der Waals surface area contributed by atoms with Crippen LogP contribution < -0.4 is 4.90 Å². The lowest BCUT2D eigenvalue weighted by atomic mass is 10.3. The Morgan fingerprint density at radius 1 is 1.28 bits per heavy atom. The van der Waals surface area contributed by atoms with Crippen molar-refractivity contribution in [3.63, 3.8) is 0 Å².